The lowest BCUT2D eigenvalue weighted by molar-refractivity contribution is -0.308. The molecule has 3 aliphatic heterocycles. The Kier molecular flexibility index (Phi) is 23.6. The zero-order chi connectivity index (χ0) is 48.4. The van der Waals surface area contributed by atoms with Crippen molar-refractivity contribution < 1.29 is 84.7 Å². The predicted octanol–water partition coefficient (Wildman–Crippen LogP) is 0.712. The molecule has 65 heavy (non-hydrogen) atoms. The highest BCUT2D eigenvalue weighted by Crippen LogP contribution is 2.38. The fourth-order valence-electron chi connectivity index (χ4n) is 7.97. The molecule has 2 saturated heterocycles. The molecule has 3 heterocycles. The minimum absolute atomic E-state index is 0.107. The fourth-order valence-corrected chi connectivity index (χ4v) is 7.97. The summed E-state index contributed by atoms with van der Waals surface area (Å²) in [6.07, 6.45) is 3.46. The van der Waals surface area contributed by atoms with Gasteiger partial charge in [-0.3, -0.25) is 9.59 Å². The minimum atomic E-state index is -2.33. The van der Waals surface area contributed by atoms with Crippen LogP contribution in [0.5, 0.6) is 0 Å². The number of aliphatic hydroxyl groups excluding tert-OH is 9. The van der Waals surface area contributed by atoms with Crippen LogP contribution in [0.15, 0.2) is 85.1 Å². The number of hydrogen-bond donors (Lipinski definition) is 12. The summed E-state index contributed by atoms with van der Waals surface area (Å²) in [5.74, 6) is -6.83. The van der Waals surface area contributed by atoms with E-state index in [0.717, 1.165) is 0 Å². The molecule has 0 amide bonds. The lowest BCUT2D eigenvalue weighted by Gasteiger charge is -2.45. The van der Waals surface area contributed by atoms with Gasteiger partial charge in [0.25, 0.3) is 0 Å². The summed E-state index contributed by atoms with van der Waals surface area (Å²) in [5.41, 5.74) is 6.02. The number of nitrogens with two attached hydrogens (primary N) is 1. The van der Waals surface area contributed by atoms with Crippen molar-refractivity contribution in [3.63, 3.8) is 0 Å². The van der Waals surface area contributed by atoms with Crippen LogP contribution < -0.4 is 5.73 Å². The summed E-state index contributed by atoms with van der Waals surface area (Å²) in [4.78, 5) is 25.1. The maximum absolute atomic E-state index is 12.6. The Bertz CT molecular complexity index is 1670. The lowest BCUT2D eigenvalue weighted by Crippen LogP contribution is -2.61. The van der Waals surface area contributed by atoms with Crippen LogP contribution in [0.1, 0.15) is 79.1 Å². The normalized spacial score (nSPS) is 45.5. The molecule has 10 unspecified atom stereocenters. The van der Waals surface area contributed by atoms with Gasteiger partial charge >= 0.3 is 11.9 Å². The first-order valence-electron chi connectivity index (χ1n) is 22.3. The topological polar surface area (TPSA) is 320 Å². The molecule has 3 aliphatic rings. The number of carboxylic acid groups (broad SMARTS) is 1. The van der Waals surface area contributed by atoms with Crippen molar-refractivity contribution in [2.75, 3.05) is 0 Å². The summed E-state index contributed by atoms with van der Waals surface area (Å²) in [5, 5.41) is 118. The molecule has 0 saturated carbocycles. The average Bonchev–Trinajstić information content (AvgIpc) is 3.21. The number of carbonyl (C=O) groups excluding carboxylic acids is 1. The Morgan fingerprint density at radius 3 is 1.82 bits per heavy atom. The van der Waals surface area contributed by atoms with Gasteiger partial charge in [0, 0.05) is 37.5 Å². The Hall–Kier alpha value is -3.44. The molecule has 0 spiro atoms. The number of carboxylic acids is 1. The third kappa shape index (κ3) is 18.6. The predicted molar refractivity (Wildman–Crippen MR) is 237 cm³/mol. The van der Waals surface area contributed by atoms with Gasteiger partial charge in [0.05, 0.1) is 79.6 Å². The van der Waals surface area contributed by atoms with E-state index < -0.39 is 147 Å². The van der Waals surface area contributed by atoms with Crippen LogP contribution in [0.3, 0.4) is 0 Å². The second-order valence-corrected chi connectivity index (χ2v) is 17.6. The molecule has 13 N–H and O–H groups in total. The first kappa shape index (κ1) is 55.9. The van der Waals surface area contributed by atoms with Gasteiger partial charge in [-0.15, -0.1) is 0 Å². The zero-order valence-electron chi connectivity index (χ0n) is 37.6. The van der Waals surface area contributed by atoms with Gasteiger partial charge in [-0.05, 0) is 33.1 Å². The number of ether oxygens (including phenoxy) is 4. The summed E-state index contributed by atoms with van der Waals surface area (Å²) in [6.45, 7) is 6.74. The molecule has 18 heteroatoms. The minimum Gasteiger partial charge on any atom is -0.481 e. The van der Waals surface area contributed by atoms with E-state index in [9.17, 15) is 65.8 Å². The van der Waals surface area contributed by atoms with Crippen LogP contribution in [0.25, 0.3) is 0 Å². The number of esters is 1. The van der Waals surface area contributed by atoms with Gasteiger partial charge in [-0.1, -0.05) is 98.9 Å². The van der Waals surface area contributed by atoms with Crippen LogP contribution in [-0.2, 0) is 28.5 Å². The van der Waals surface area contributed by atoms with Gasteiger partial charge in [0.2, 0.25) is 0 Å². The van der Waals surface area contributed by atoms with Crippen LogP contribution in [0.2, 0.25) is 0 Å². The molecule has 368 valence electrons. The van der Waals surface area contributed by atoms with E-state index in [1.165, 1.54) is 13.0 Å². The summed E-state index contributed by atoms with van der Waals surface area (Å²) >= 11 is 0. The first-order chi connectivity index (χ1) is 30.6. The molecular formula is C47H73NO17. The van der Waals surface area contributed by atoms with Gasteiger partial charge in [0.1, 0.15) is 18.1 Å². The maximum atomic E-state index is 12.6. The van der Waals surface area contributed by atoms with Crippen LogP contribution >= 0.6 is 0 Å². The molecular weight excluding hydrogens is 851 g/mol. The van der Waals surface area contributed by atoms with Crippen molar-refractivity contribution in [3.8, 4) is 0 Å². The largest absolute Gasteiger partial charge is 0.481 e. The molecule has 0 aromatic carbocycles. The van der Waals surface area contributed by atoms with E-state index in [4.69, 9.17) is 24.7 Å². The summed E-state index contributed by atoms with van der Waals surface area (Å²) in [6, 6.07) is -1.15. The van der Waals surface area contributed by atoms with E-state index in [0.29, 0.717) is 0 Å². The van der Waals surface area contributed by atoms with Crippen molar-refractivity contribution >= 4 is 11.9 Å². The van der Waals surface area contributed by atoms with E-state index in [1.807, 2.05) is 19.1 Å². The van der Waals surface area contributed by atoms with Gasteiger partial charge in [0.15, 0.2) is 12.1 Å². The molecule has 0 aromatic heterocycles. The molecule has 2 bridgehead atoms. The van der Waals surface area contributed by atoms with Crippen molar-refractivity contribution in [1.82, 2.24) is 0 Å². The Labute approximate surface area is 381 Å². The number of cyclic esters (lactones) is 1. The summed E-state index contributed by atoms with van der Waals surface area (Å²) in [7, 11) is 0. The number of allylic oxidation sites excluding steroid dienone is 12. The van der Waals surface area contributed by atoms with Crippen molar-refractivity contribution in [2.24, 2.45) is 23.5 Å². The zero-order valence-corrected chi connectivity index (χ0v) is 37.6. The molecule has 19 atom stereocenters. The second kappa shape index (κ2) is 27.4. The third-order valence-corrected chi connectivity index (χ3v) is 12.0. The van der Waals surface area contributed by atoms with Gasteiger partial charge < -0.3 is 80.9 Å². The van der Waals surface area contributed by atoms with Crippen LogP contribution in [0, 0.1) is 17.8 Å². The highest BCUT2D eigenvalue weighted by atomic mass is 16.7. The van der Waals surface area contributed by atoms with E-state index in [1.54, 1.807) is 80.7 Å². The molecule has 0 aliphatic carbocycles. The highest BCUT2D eigenvalue weighted by Gasteiger charge is 2.51. The number of aliphatic carboxylic acids is 1. The monoisotopic (exact) mass is 923 g/mol. The smallest absolute Gasteiger partial charge is 0.311 e. The number of rotatable bonds is 3. The number of aliphatic hydroxyl groups is 10. The second-order valence-electron chi connectivity index (χ2n) is 17.6. The number of fused-ring (bicyclic) bond motifs is 2. The molecule has 18 nitrogen and oxygen atoms in total. The number of carbonyl (C=O) groups is 2. The standard InChI is InChI=1S/C47H73NO17/c1-27-17-15-13-11-9-7-5-6-8-10-12-14-16-18-34(64-46-44(58)41(48)43(57)30(4)63-46)24-38-40(45(59)60)37(54)26-47(61,65-38)25-33(51)22-36(53)35(52)20-19-31(49)21-32(50)23-39(55)62-29(3)28(2)42(27)56/h5-18,27-38,40-44,46,49-54,56-58,61H,19-26,48H2,1-4H3,(H,59,60)/b6-5+,9-7+,10-8+,13-11+,14-12+,17-15+,18-16+/t27-,28-,29-,30+,31?,32?,33?,34?,35?,36+,37-,38-,40?,41-,42?,43?,44-,46?,47?/m0/s1. The van der Waals surface area contributed by atoms with Crippen LogP contribution in [0.4, 0.5) is 0 Å². The SMILES string of the molecule is C[C@@H]1OC(=O)CC(O)CC(O)CCC(O)[C@H](O)CC(O)CC2(O)C[C@H](O)C(C(=O)O)[C@H](CC(OC3O[C@H](C)C(O)[C@H](N)[C@@H]3O)/C=C/C=C/C=C/C=C/C=C/C=C/C=C/[C@H](C)C(O)[C@H]1C)O2. The van der Waals surface area contributed by atoms with E-state index in [2.05, 4.69) is 0 Å². The lowest BCUT2D eigenvalue weighted by atomic mass is 9.82. The number of hydrogen-bond acceptors (Lipinski definition) is 17. The molecule has 2 fully saturated rings. The highest BCUT2D eigenvalue weighted by molar-refractivity contribution is 5.71. The van der Waals surface area contributed by atoms with Gasteiger partial charge in [-0.25, -0.2) is 0 Å². The fraction of sp³-hybridized carbons (Fsp3) is 0.660. The summed E-state index contributed by atoms with van der Waals surface area (Å²) < 4.78 is 23.1. The average molecular weight is 924 g/mol. The van der Waals surface area contributed by atoms with Crippen LogP contribution in [-0.4, -0.2) is 166 Å². The van der Waals surface area contributed by atoms with Gasteiger partial charge in [-0.2, -0.15) is 0 Å². The van der Waals surface area contributed by atoms with Crippen molar-refractivity contribution in [1.29, 1.82) is 0 Å². The molecule has 0 radical (unpaired) electrons. The quantitative estimate of drug-likeness (QED) is 0.174. The maximum Gasteiger partial charge on any atom is 0.311 e. The Morgan fingerprint density at radius 1 is 0.662 bits per heavy atom. The third-order valence-electron chi connectivity index (χ3n) is 12.0. The van der Waals surface area contributed by atoms with E-state index >= 15 is 0 Å². The Morgan fingerprint density at radius 2 is 1.23 bits per heavy atom. The molecule has 0 aromatic rings. The Balaban J connectivity index is 1.86. The first-order valence-corrected chi connectivity index (χ1v) is 22.3. The van der Waals surface area contributed by atoms with Crippen molar-refractivity contribution in [2.45, 2.75) is 177 Å². The van der Waals surface area contributed by atoms with E-state index in [-0.39, 0.29) is 31.6 Å². The van der Waals surface area contributed by atoms with Crippen molar-refractivity contribution in [3.05, 3.63) is 85.1 Å². The molecule has 3 rings (SSSR count).